The zero-order valence-corrected chi connectivity index (χ0v) is 14.3. The van der Waals surface area contributed by atoms with E-state index >= 15 is 0 Å². The lowest BCUT2D eigenvalue weighted by molar-refractivity contribution is -0.127. The van der Waals surface area contributed by atoms with E-state index in [-0.39, 0.29) is 24.4 Å². The molecule has 0 unspecified atom stereocenters. The average molecular weight is 327 g/mol. The van der Waals surface area contributed by atoms with Gasteiger partial charge in [-0.25, -0.2) is 0 Å². The Labute approximate surface area is 137 Å². The fraction of sp³-hybridized carbons (Fsp3) is 0.769. The molecule has 22 heavy (non-hydrogen) atoms. The van der Waals surface area contributed by atoms with E-state index in [1.807, 2.05) is 13.8 Å². The minimum atomic E-state index is -1.12. The Balaban J connectivity index is 2.55. The highest BCUT2D eigenvalue weighted by Gasteiger charge is 2.28. The van der Waals surface area contributed by atoms with Crippen molar-refractivity contribution < 1.29 is 9.59 Å². The Morgan fingerprint density at radius 1 is 1.41 bits per heavy atom. The predicted octanol–water partition coefficient (Wildman–Crippen LogP) is -2.06. The van der Waals surface area contributed by atoms with Gasteiger partial charge in [0.25, 0.3) is 5.91 Å². The van der Waals surface area contributed by atoms with Crippen LogP contribution in [0.3, 0.4) is 0 Å². The van der Waals surface area contributed by atoms with Crippen LogP contribution in [-0.4, -0.2) is 61.4 Å². The molecule has 2 atom stereocenters. The van der Waals surface area contributed by atoms with E-state index in [1.54, 1.807) is 0 Å². The number of likely N-dealkylation sites (tertiary alicyclic amines) is 1. The third-order valence-corrected chi connectivity index (χ3v) is 4.22. The van der Waals surface area contributed by atoms with Crippen LogP contribution in [0.1, 0.15) is 20.3 Å². The SMILES string of the molecule is B[C@@H]1CCN(C(=S)[C@@H](NC(=O)CNC(=O)C(N)N)C(C)C)C1. The molecule has 6 N–H and O–H groups in total. The summed E-state index contributed by atoms with van der Waals surface area (Å²) in [6, 6.07) is -0.226. The van der Waals surface area contributed by atoms with Gasteiger partial charge in [0.15, 0.2) is 0 Å². The number of hydrogen-bond donors (Lipinski definition) is 4. The molecule has 0 aromatic carbocycles. The second-order valence-electron chi connectivity index (χ2n) is 6.21. The van der Waals surface area contributed by atoms with Crippen LogP contribution >= 0.6 is 12.2 Å². The normalized spacial score (nSPS) is 19.4. The summed E-state index contributed by atoms with van der Waals surface area (Å²) in [7, 11) is 2.19. The van der Waals surface area contributed by atoms with Crippen molar-refractivity contribution in [1.82, 2.24) is 15.5 Å². The molecular weight excluding hydrogens is 301 g/mol. The third kappa shape index (κ3) is 5.55. The molecule has 1 saturated heterocycles. The molecule has 0 radical (unpaired) electrons. The molecular formula is C13H26BN5O2S. The van der Waals surface area contributed by atoms with Crippen molar-refractivity contribution in [3.63, 3.8) is 0 Å². The zero-order valence-electron chi connectivity index (χ0n) is 13.5. The lowest BCUT2D eigenvalue weighted by atomic mass is 9.87. The van der Waals surface area contributed by atoms with Crippen LogP contribution < -0.4 is 22.1 Å². The summed E-state index contributed by atoms with van der Waals surface area (Å²) in [6.07, 6.45) is -0.00977. The summed E-state index contributed by atoms with van der Waals surface area (Å²) >= 11 is 5.54. The quantitative estimate of drug-likeness (QED) is 0.254. The summed E-state index contributed by atoms with van der Waals surface area (Å²) in [5.74, 6) is -0.0823. The van der Waals surface area contributed by atoms with E-state index in [9.17, 15) is 9.59 Å². The second kappa shape index (κ2) is 8.45. The van der Waals surface area contributed by atoms with E-state index < -0.39 is 12.1 Å². The highest BCUT2D eigenvalue weighted by atomic mass is 32.1. The molecule has 1 heterocycles. The van der Waals surface area contributed by atoms with Gasteiger partial charge in [0.1, 0.15) is 19.0 Å². The minimum absolute atomic E-state index is 0.161. The van der Waals surface area contributed by atoms with Gasteiger partial charge < -0.3 is 27.0 Å². The van der Waals surface area contributed by atoms with Crippen LogP contribution in [0.5, 0.6) is 0 Å². The maximum absolute atomic E-state index is 12.0. The summed E-state index contributed by atoms with van der Waals surface area (Å²) in [5, 5.41) is 5.27. The van der Waals surface area contributed by atoms with Gasteiger partial charge in [-0.1, -0.05) is 31.9 Å². The lowest BCUT2D eigenvalue weighted by Crippen LogP contribution is -2.53. The fourth-order valence-electron chi connectivity index (χ4n) is 2.36. The molecule has 0 bridgehead atoms. The Morgan fingerprint density at radius 3 is 2.50 bits per heavy atom. The monoisotopic (exact) mass is 327 g/mol. The molecule has 1 aliphatic rings. The number of nitrogens with one attached hydrogen (secondary N) is 2. The number of amides is 2. The standard InChI is InChI=1S/C13H26BN5O2S/c1-7(2)10(13(22)19-4-3-8(14)6-19)18-9(20)5-17-12(21)11(15)16/h7-8,10-11H,3-6,14-16H2,1-2H3,(H,17,21)(H,18,20)/t8-,10+/m1/s1. The Morgan fingerprint density at radius 2 is 2.05 bits per heavy atom. The number of rotatable bonds is 6. The van der Waals surface area contributed by atoms with Crippen molar-refractivity contribution in [3.8, 4) is 0 Å². The first-order valence-corrected chi connectivity index (χ1v) is 8.00. The van der Waals surface area contributed by atoms with E-state index in [4.69, 9.17) is 23.7 Å². The number of nitrogens with zero attached hydrogens (tertiary/aromatic N) is 1. The van der Waals surface area contributed by atoms with Gasteiger partial charge in [0.05, 0.1) is 12.6 Å². The van der Waals surface area contributed by atoms with Gasteiger partial charge in [-0.15, -0.1) is 0 Å². The minimum Gasteiger partial charge on any atom is -0.365 e. The molecule has 1 rings (SSSR count). The molecule has 0 aromatic heterocycles. The summed E-state index contributed by atoms with van der Waals surface area (Å²) in [4.78, 5) is 26.2. The van der Waals surface area contributed by atoms with E-state index in [2.05, 4.69) is 23.4 Å². The van der Waals surface area contributed by atoms with Gasteiger partial charge in [-0.3, -0.25) is 9.59 Å². The molecule has 2 amide bonds. The van der Waals surface area contributed by atoms with Crippen LogP contribution in [0.25, 0.3) is 0 Å². The number of hydrogen-bond acceptors (Lipinski definition) is 5. The van der Waals surface area contributed by atoms with Crippen LogP contribution in [0.2, 0.25) is 5.82 Å². The number of thiocarbonyl (C=S) groups is 1. The van der Waals surface area contributed by atoms with Crippen molar-refractivity contribution in [2.24, 2.45) is 17.4 Å². The Bertz CT molecular complexity index is 433. The van der Waals surface area contributed by atoms with Gasteiger partial charge in [-0.2, -0.15) is 0 Å². The largest absolute Gasteiger partial charge is 0.365 e. The molecule has 1 aliphatic heterocycles. The molecule has 7 nitrogen and oxygen atoms in total. The molecule has 124 valence electrons. The molecule has 0 aliphatic carbocycles. The first-order valence-electron chi connectivity index (χ1n) is 7.59. The second-order valence-corrected chi connectivity index (χ2v) is 6.63. The van der Waals surface area contributed by atoms with Crippen molar-refractivity contribution in [2.45, 2.75) is 38.3 Å². The highest BCUT2D eigenvalue weighted by molar-refractivity contribution is 7.80. The first kappa shape index (κ1) is 18.9. The maximum atomic E-state index is 12.0. The predicted molar refractivity (Wildman–Crippen MR) is 93.0 cm³/mol. The average Bonchev–Trinajstić information content (AvgIpc) is 2.87. The molecule has 9 heteroatoms. The van der Waals surface area contributed by atoms with Crippen LogP contribution in [0.15, 0.2) is 0 Å². The summed E-state index contributed by atoms with van der Waals surface area (Å²) < 4.78 is 0. The number of carbonyl (C=O) groups excluding carboxylic acids is 2. The molecule has 0 saturated carbocycles. The Kier molecular flexibility index (Phi) is 7.24. The zero-order chi connectivity index (χ0) is 16.9. The van der Waals surface area contributed by atoms with Gasteiger partial charge in [-0.05, 0) is 12.3 Å². The van der Waals surface area contributed by atoms with Crippen LogP contribution in [-0.2, 0) is 9.59 Å². The molecule has 0 aromatic rings. The lowest BCUT2D eigenvalue weighted by Gasteiger charge is -2.30. The third-order valence-electron chi connectivity index (χ3n) is 3.71. The van der Waals surface area contributed by atoms with E-state index in [0.717, 1.165) is 24.5 Å². The number of carbonyl (C=O) groups is 2. The van der Waals surface area contributed by atoms with Gasteiger partial charge in [0, 0.05) is 13.1 Å². The van der Waals surface area contributed by atoms with E-state index in [0.29, 0.717) is 5.82 Å². The molecule has 1 fully saturated rings. The van der Waals surface area contributed by atoms with Crippen LogP contribution in [0.4, 0.5) is 0 Å². The summed E-state index contributed by atoms with van der Waals surface area (Å²) in [5.41, 5.74) is 10.4. The fourth-order valence-corrected chi connectivity index (χ4v) is 2.85. The highest BCUT2D eigenvalue weighted by Crippen LogP contribution is 2.20. The van der Waals surface area contributed by atoms with E-state index in [1.165, 1.54) is 0 Å². The Hall–Kier alpha value is -1.19. The van der Waals surface area contributed by atoms with Gasteiger partial charge >= 0.3 is 0 Å². The van der Waals surface area contributed by atoms with Crippen LogP contribution in [0, 0.1) is 5.92 Å². The maximum Gasteiger partial charge on any atom is 0.251 e. The van der Waals surface area contributed by atoms with Crippen molar-refractivity contribution in [2.75, 3.05) is 19.6 Å². The smallest absolute Gasteiger partial charge is 0.251 e. The van der Waals surface area contributed by atoms with Crippen molar-refractivity contribution >= 4 is 36.9 Å². The first-order chi connectivity index (χ1) is 10.2. The summed E-state index contributed by atoms with van der Waals surface area (Å²) in [6.45, 7) is 5.71. The van der Waals surface area contributed by atoms with Crippen molar-refractivity contribution in [3.05, 3.63) is 0 Å². The van der Waals surface area contributed by atoms with Crippen molar-refractivity contribution in [1.29, 1.82) is 0 Å². The molecule has 0 spiro atoms. The topological polar surface area (TPSA) is 113 Å². The number of nitrogens with two attached hydrogens (primary N) is 2. The van der Waals surface area contributed by atoms with Gasteiger partial charge in [0.2, 0.25) is 5.91 Å².